The Morgan fingerprint density at radius 3 is 2.38 bits per heavy atom. The summed E-state index contributed by atoms with van der Waals surface area (Å²) in [6.07, 6.45) is 0. The van der Waals surface area contributed by atoms with Crippen molar-refractivity contribution in [2.45, 2.75) is 34.2 Å². The summed E-state index contributed by atoms with van der Waals surface area (Å²) in [4.78, 5) is 0. The fourth-order valence-electron chi connectivity index (χ4n) is 2.63. The Balaban J connectivity index is 2.21. The average Bonchev–Trinajstić information content (AvgIpc) is 2.73. The van der Waals surface area contributed by atoms with Crippen molar-refractivity contribution in [3.05, 3.63) is 47.3 Å². The highest BCUT2D eigenvalue weighted by atomic mass is 16.5. The molecule has 3 nitrogen and oxygen atoms in total. The summed E-state index contributed by atoms with van der Waals surface area (Å²) in [6, 6.07) is 10.5. The van der Waals surface area contributed by atoms with Gasteiger partial charge < -0.3 is 14.6 Å². The van der Waals surface area contributed by atoms with Crippen LogP contribution in [0.5, 0.6) is 5.75 Å². The Morgan fingerprint density at radius 2 is 1.81 bits per heavy atom. The quantitative estimate of drug-likeness (QED) is 0.873. The van der Waals surface area contributed by atoms with E-state index in [1.807, 2.05) is 12.1 Å². The first-order valence-corrected chi connectivity index (χ1v) is 7.56. The van der Waals surface area contributed by atoms with E-state index in [2.05, 4.69) is 55.8 Å². The summed E-state index contributed by atoms with van der Waals surface area (Å²) in [7, 11) is 1.69. The summed E-state index contributed by atoms with van der Waals surface area (Å²) < 4.78 is 7.52. The van der Waals surface area contributed by atoms with Crippen LogP contribution in [-0.2, 0) is 6.54 Å². The third kappa shape index (κ3) is 3.67. The second-order valence-electron chi connectivity index (χ2n) is 5.95. The summed E-state index contributed by atoms with van der Waals surface area (Å²) in [5.41, 5.74) is 5.11. The zero-order valence-corrected chi connectivity index (χ0v) is 13.7. The highest BCUT2D eigenvalue weighted by Crippen LogP contribution is 2.22. The zero-order valence-electron chi connectivity index (χ0n) is 13.7. The molecule has 2 rings (SSSR count). The molecule has 1 aromatic carbocycles. The lowest BCUT2D eigenvalue weighted by Crippen LogP contribution is -2.19. The molecule has 0 aliphatic carbocycles. The van der Waals surface area contributed by atoms with E-state index < -0.39 is 0 Å². The smallest absolute Gasteiger partial charge is 0.119 e. The van der Waals surface area contributed by atoms with Gasteiger partial charge in [0.25, 0.3) is 0 Å². The molecule has 0 fully saturated rings. The topological polar surface area (TPSA) is 26.2 Å². The Morgan fingerprint density at radius 1 is 1.14 bits per heavy atom. The molecule has 1 N–H and O–H groups in total. The van der Waals surface area contributed by atoms with E-state index in [9.17, 15) is 0 Å². The van der Waals surface area contributed by atoms with Crippen molar-refractivity contribution in [3.8, 4) is 11.4 Å². The molecule has 0 aliphatic heterocycles. The van der Waals surface area contributed by atoms with Crippen molar-refractivity contribution in [2.75, 3.05) is 13.7 Å². The molecule has 1 aromatic heterocycles. The predicted molar refractivity (Wildman–Crippen MR) is 88.3 cm³/mol. The van der Waals surface area contributed by atoms with Gasteiger partial charge in [0, 0.05) is 23.6 Å². The molecule has 21 heavy (non-hydrogen) atoms. The highest BCUT2D eigenvalue weighted by Gasteiger charge is 2.10. The minimum atomic E-state index is 0.676. The molecule has 114 valence electrons. The van der Waals surface area contributed by atoms with E-state index in [-0.39, 0.29) is 0 Å². The first kappa shape index (κ1) is 15.6. The molecular formula is C18H26N2O. The van der Waals surface area contributed by atoms with Gasteiger partial charge in [-0.25, -0.2) is 0 Å². The summed E-state index contributed by atoms with van der Waals surface area (Å²) in [5.74, 6) is 1.56. The van der Waals surface area contributed by atoms with Crippen LogP contribution >= 0.6 is 0 Å². The van der Waals surface area contributed by atoms with E-state index in [1.165, 1.54) is 22.6 Å². The van der Waals surface area contributed by atoms with E-state index >= 15 is 0 Å². The van der Waals surface area contributed by atoms with E-state index in [0.717, 1.165) is 18.8 Å². The molecule has 0 radical (unpaired) electrons. The highest BCUT2D eigenvalue weighted by molar-refractivity contribution is 5.43. The lowest BCUT2D eigenvalue weighted by molar-refractivity contribution is 0.414. The Labute approximate surface area is 127 Å². The number of ether oxygens (including phenoxy) is 1. The van der Waals surface area contributed by atoms with E-state index in [1.54, 1.807) is 7.11 Å². The fourth-order valence-corrected chi connectivity index (χ4v) is 2.63. The van der Waals surface area contributed by atoms with Gasteiger partial charge in [-0.2, -0.15) is 0 Å². The normalized spacial score (nSPS) is 11.1. The number of nitrogens with one attached hydrogen (secondary N) is 1. The fraction of sp³-hybridized carbons (Fsp3) is 0.444. The largest absolute Gasteiger partial charge is 0.497 e. The molecule has 0 aliphatic rings. The second kappa shape index (κ2) is 6.81. The molecule has 1 heterocycles. The minimum absolute atomic E-state index is 0.676. The zero-order chi connectivity index (χ0) is 15.4. The van der Waals surface area contributed by atoms with Gasteiger partial charge in [-0.1, -0.05) is 13.8 Å². The van der Waals surface area contributed by atoms with Crippen molar-refractivity contribution in [3.63, 3.8) is 0 Å². The number of hydrogen-bond donors (Lipinski definition) is 1. The molecule has 0 bridgehead atoms. The average molecular weight is 286 g/mol. The van der Waals surface area contributed by atoms with Crippen molar-refractivity contribution in [2.24, 2.45) is 5.92 Å². The van der Waals surface area contributed by atoms with Gasteiger partial charge in [0.15, 0.2) is 0 Å². The minimum Gasteiger partial charge on any atom is -0.497 e. The summed E-state index contributed by atoms with van der Waals surface area (Å²) in [5, 5.41) is 3.52. The van der Waals surface area contributed by atoms with Crippen molar-refractivity contribution in [1.82, 2.24) is 9.88 Å². The third-order valence-electron chi connectivity index (χ3n) is 3.73. The number of rotatable bonds is 6. The Kier molecular flexibility index (Phi) is 5.07. The molecule has 0 atom stereocenters. The van der Waals surface area contributed by atoms with E-state index in [4.69, 9.17) is 4.74 Å². The number of nitrogens with zero attached hydrogens (tertiary/aromatic N) is 1. The molecular weight excluding hydrogens is 260 g/mol. The van der Waals surface area contributed by atoms with Gasteiger partial charge >= 0.3 is 0 Å². The number of aromatic nitrogens is 1. The molecule has 3 heteroatoms. The molecule has 2 aromatic rings. The van der Waals surface area contributed by atoms with Crippen LogP contribution in [0.4, 0.5) is 0 Å². The van der Waals surface area contributed by atoms with Crippen LogP contribution in [0.15, 0.2) is 30.3 Å². The third-order valence-corrected chi connectivity index (χ3v) is 3.73. The monoisotopic (exact) mass is 286 g/mol. The van der Waals surface area contributed by atoms with Crippen LogP contribution < -0.4 is 10.1 Å². The SMILES string of the molecule is COc1ccc(-n2c(C)cc(CNCC(C)C)c2C)cc1. The van der Waals surface area contributed by atoms with Gasteiger partial charge in [-0.15, -0.1) is 0 Å². The molecule has 0 unspecified atom stereocenters. The number of benzene rings is 1. The van der Waals surface area contributed by atoms with Crippen LogP contribution in [0.3, 0.4) is 0 Å². The van der Waals surface area contributed by atoms with Crippen LogP contribution in [0.1, 0.15) is 30.8 Å². The first-order chi connectivity index (χ1) is 10.0. The van der Waals surface area contributed by atoms with E-state index in [0.29, 0.717) is 5.92 Å². The van der Waals surface area contributed by atoms with Crippen molar-refractivity contribution in [1.29, 1.82) is 0 Å². The van der Waals surface area contributed by atoms with Gasteiger partial charge in [0.1, 0.15) is 5.75 Å². The van der Waals surface area contributed by atoms with Crippen LogP contribution in [0.25, 0.3) is 5.69 Å². The van der Waals surface area contributed by atoms with Gasteiger partial charge in [-0.3, -0.25) is 0 Å². The predicted octanol–water partition coefficient (Wildman–Crippen LogP) is 3.85. The Hall–Kier alpha value is -1.74. The van der Waals surface area contributed by atoms with Crippen LogP contribution in [0.2, 0.25) is 0 Å². The van der Waals surface area contributed by atoms with Crippen LogP contribution in [-0.4, -0.2) is 18.2 Å². The van der Waals surface area contributed by atoms with Gasteiger partial charge in [0.2, 0.25) is 0 Å². The molecule has 0 amide bonds. The lowest BCUT2D eigenvalue weighted by Gasteiger charge is -2.11. The van der Waals surface area contributed by atoms with Gasteiger partial charge in [0.05, 0.1) is 7.11 Å². The summed E-state index contributed by atoms with van der Waals surface area (Å²) >= 11 is 0. The van der Waals surface area contributed by atoms with Crippen molar-refractivity contribution >= 4 is 0 Å². The first-order valence-electron chi connectivity index (χ1n) is 7.56. The van der Waals surface area contributed by atoms with Crippen molar-refractivity contribution < 1.29 is 4.74 Å². The second-order valence-corrected chi connectivity index (χ2v) is 5.95. The maximum Gasteiger partial charge on any atom is 0.119 e. The maximum atomic E-state index is 5.23. The lowest BCUT2D eigenvalue weighted by atomic mass is 10.2. The van der Waals surface area contributed by atoms with Crippen LogP contribution in [0, 0.1) is 19.8 Å². The molecule has 0 spiro atoms. The van der Waals surface area contributed by atoms with Gasteiger partial charge in [-0.05, 0) is 62.2 Å². The molecule has 0 saturated carbocycles. The maximum absolute atomic E-state index is 5.23. The Bertz CT molecular complexity index is 582. The number of methoxy groups -OCH3 is 1. The number of hydrogen-bond acceptors (Lipinski definition) is 2. The standard InChI is InChI=1S/C18H26N2O/c1-13(2)11-19-12-16-10-14(3)20(15(16)4)17-6-8-18(21-5)9-7-17/h6-10,13,19H,11-12H2,1-5H3. The summed E-state index contributed by atoms with van der Waals surface area (Å²) in [6.45, 7) is 10.8. The molecule has 0 saturated heterocycles. The number of aryl methyl sites for hydroxylation is 1.